The van der Waals surface area contributed by atoms with E-state index >= 15 is 0 Å². The molecule has 2 atom stereocenters. The van der Waals surface area contributed by atoms with E-state index in [9.17, 15) is 9.59 Å². The highest BCUT2D eigenvalue weighted by molar-refractivity contribution is 5.82. The predicted molar refractivity (Wildman–Crippen MR) is 79.1 cm³/mol. The maximum absolute atomic E-state index is 12.0. The Bertz CT molecular complexity index is 327. The molecule has 1 heterocycles. The fourth-order valence-corrected chi connectivity index (χ4v) is 2.33. The van der Waals surface area contributed by atoms with Crippen molar-refractivity contribution < 1.29 is 9.59 Å². The molecule has 1 aliphatic rings. The molecule has 0 radical (unpaired) electrons. The number of likely N-dealkylation sites (tertiary alicyclic amines) is 1. The van der Waals surface area contributed by atoms with Gasteiger partial charge in [-0.25, -0.2) is 0 Å². The Balaban J connectivity index is 2.32. The summed E-state index contributed by atoms with van der Waals surface area (Å²) < 4.78 is 0. The van der Waals surface area contributed by atoms with Gasteiger partial charge in [0.1, 0.15) is 0 Å². The monoisotopic (exact) mass is 284 g/mol. The number of likely N-dealkylation sites (N-methyl/N-ethyl adjacent to an activating group) is 1. The lowest BCUT2D eigenvalue weighted by Crippen LogP contribution is -2.52. The Morgan fingerprint density at radius 1 is 1.35 bits per heavy atom. The molecule has 2 amide bonds. The minimum Gasteiger partial charge on any atom is -0.358 e. The summed E-state index contributed by atoms with van der Waals surface area (Å²) in [6.07, 6.45) is 2.64. The molecule has 0 saturated carbocycles. The maximum Gasteiger partial charge on any atom is 0.237 e. The number of nitrogens with one attached hydrogen (secondary N) is 2. The van der Waals surface area contributed by atoms with Gasteiger partial charge in [0.25, 0.3) is 0 Å². The second-order valence-electron chi connectivity index (χ2n) is 5.64. The summed E-state index contributed by atoms with van der Waals surface area (Å²) in [6, 6.07) is -0.248. The molecule has 6 nitrogen and oxygen atoms in total. The number of carbonyl (C=O) groups is 2. The van der Waals surface area contributed by atoms with Crippen molar-refractivity contribution in [1.29, 1.82) is 0 Å². The Hall–Kier alpha value is -1.14. The molecule has 1 unspecified atom stereocenters. The molecule has 1 rings (SSSR count). The SMILES string of the molecule is CCC(C)[C@H](N)C(=O)NC1CCN(CC(=O)NC)CC1. The second kappa shape index (κ2) is 8.21. The number of piperidine rings is 1. The van der Waals surface area contributed by atoms with Crippen LogP contribution in [0.2, 0.25) is 0 Å². The van der Waals surface area contributed by atoms with E-state index in [1.807, 2.05) is 13.8 Å². The average molecular weight is 284 g/mol. The molecule has 0 bridgehead atoms. The number of nitrogens with zero attached hydrogens (tertiary/aromatic N) is 1. The number of nitrogens with two attached hydrogens (primary N) is 1. The Morgan fingerprint density at radius 2 is 1.95 bits per heavy atom. The molecule has 0 spiro atoms. The van der Waals surface area contributed by atoms with E-state index in [-0.39, 0.29) is 23.8 Å². The lowest BCUT2D eigenvalue weighted by Gasteiger charge is -2.32. The lowest BCUT2D eigenvalue weighted by molar-refractivity contribution is -0.125. The molecule has 0 aromatic rings. The summed E-state index contributed by atoms with van der Waals surface area (Å²) in [4.78, 5) is 25.4. The zero-order chi connectivity index (χ0) is 15.1. The molecular formula is C14H28N4O2. The van der Waals surface area contributed by atoms with E-state index in [2.05, 4.69) is 15.5 Å². The number of hydrogen-bond donors (Lipinski definition) is 3. The smallest absolute Gasteiger partial charge is 0.237 e. The number of amides is 2. The van der Waals surface area contributed by atoms with Crippen LogP contribution in [0.4, 0.5) is 0 Å². The zero-order valence-corrected chi connectivity index (χ0v) is 12.8. The van der Waals surface area contributed by atoms with Gasteiger partial charge in [0, 0.05) is 26.2 Å². The highest BCUT2D eigenvalue weighted by Crippen LogP contribution is 2.11. The summed E-state index contributed by atoms with van der Waals surface area (Å²) in [6.45, 7) is 6.13. The third-order valence-corrected chi connectivity index (χ3v) is 4.14. The quantitative estimate of drug-likeness (QED) is 0.624. The first-order chi connectivity index (χ1) is 9.47. The minimum absolute atomic E-state index is 0.0336. The van der Waals surface area contributed by atoms with Crippen LogP contribution < -0.4 is 16.4 Å². The van der Waals surface area contributed by atoms with Crippen LogP contribution in [0.1, 0.15) is 33.1 Å². The van der Waals surface area contributed by atoms with Crippen molar-refractivity contribution in [3.8, 4) is 0 Å². The van der Waals surface area contributed by atoms with Crippen molar-refractivity contribution in [1.82, 2.24) is 15.5 Å². The maximum atomic E-state index is 12.0. The van der Waals surface area contributed by atoms with Gasteiger partial charge in [0.2, 0.25) is 11.8 Å². The first kappa shape index (κ1) is 16.9. The Kier molecular flexibility index (Phi) is 6.95. The molecule has 116 valence electrons. The van der Waals surface area contributed by atoms with Crippen LogP contribution in [-0.2, 0) is 9.59 Å². The van der Waals surface area contributed by atoms with E-state index in [0.29, 0.717) is 6.54 Å². The number of carbonyl (C=O) groups excluding carboxylic acids is 2. The van der Waals surface area contributed by atoms with Gasteiger partial charge in [0.15, 0.2) is 0 Å². The highest BCUT2D eigenvalue weighted by atomic mass is 16.2. The van der Waals surface area contributed by atoms with Crippen LogP contribution in [-0.4, -0.2) is 55.5 Å². The van der Waals surface area contributed by atoms with E-state index < -0.39 is 6.04 Å². The van der Waals surface area contributed by atoms with Gasteiger partial charge in [-0.15, -0.1) is 0 Å². The molecule has 1 fully saturated rings. The summed E-state index contributed by atoms with van der Waals surface area (Å²) in [5.41, 5.74) is 5.92. The molecule has 6 heteroatoms. The third-order valence-electron chi connectivity index (χ3n) is 4.14. The third kappa shape index (κ3) is 5.09. The minimum atomic E-state index is -0.427. The Morgan fingerprint density at radius 3 is 2.45 bits per heavy atom. The van der Waals surface area contributed by atoms with Crippen molar-refractivity contribution in [2.75, 3.05) is 26.7 Å². The largest absolute Gasteiger partial charge is 0.358 e. The summed E-state index contributed by atoms with van der Waals surface area (Å²) in [5, 5.41) is 5.65. The average Bonchev–Trinajstić information content (AvgIpc) is 2.47. The van der Waals surface area contributed by atoms with Crippen LogP contribution >= 0.6 is 0 Å². The highest BCUT2D eigenvalue weighted by Gasteiger charge is 2.25. The molecule has 0 aliphatic carbocycles. The summed E-state index contributed by atoms with van der Waals surface area (Å²) in [7, 11) is 1.64. The van der Waals surface area contributed by atoms with E-state index in [4.69, 9.17) is 5.73 Å². The first-order valence-corrected chi connectivity index (χ1v) is 7.46. The van der Waals surface area contributed by atoms with Crippen molar-refractivity contribution >= 4 is 11.8 Å². The summed E-state index contributed by atoms with van der Waals surface area (Å²) in [5.74, 6) is 0.179. The van der Waals surface area contributed by atoms with Crippen molar-refractivity contribution in [3.63, 3.8) is 0 Å². The molecule has 0 aromatic carbocycles. The van der Waals surface area contributed by atoms with E-state index in [0.717, 1.165) is 32.4 Å². The molecule has 1 aliphatic heterocycles. The standard InChI is InChI=1S/C14H28N4O2/c1-4-10(2)13(15)14(20)17-11-5-7-18(8-6-11)9-12(19)16-3/h10-11,13H,4-9,15H2,1-3H3,(H,16,19)(H,17,20)/t10?,13-/m0/s1. The molecule has 0 aromatic heterocycles. The summed E-state index contributed by atoms with van der Waals surface area (Å²) >= 11 is 0. The fourth-order valence-electron chi connectivity index (χ4n) is 2.33. The van der Waals surface area contributed by atoms with E-state index in [1.165, 1.54) is 0 Å². The van der Waals surface area contributed by atoms with Gasteiger partial charge in [-0.3, -0.25) is 14.5 Å². The molecule has 20 heavy (non-hydrogen) atoms. The van der Waals surface area contributed by atoms with Crippen LogP contribution in [0.3, 0.4) is 0 Å². The van der Waals surface area contributed by atoms with Crippen LogP contribution in [0.5, 0.6) is 0 Å². The Labute approximate surface area is 121 Å². The molecular weight excluding hydrogens is 256 g/mol. The van der Waals surface area contributed by atoms with Crippen molar-refractivity contribution in [3.05, 3.63) is 0 Å². The normalized spacial score (nSPS) is 20.2. The predicted octanol–water partition coefficient (Wildman–Crippen LogP) is -0.314. The van der Waals surface area contributed by atoms with Gasteiger partial charge in [-0.05, 0) is 18.8 Å². The van der Waals surface area contributed by atoms with E-state index in [1.54, 1.807) is 7.05 Å². The fraction of sp³-hybridized carbons (Fsp3) is 0.857. The van der Waals surface area contributed by atoms with Crippen LogP contribution in [0.15, 0.2) is 0 Å². The van der Waals surface area contributed by atoms with Gasteiger partial charge in [0.05, 0.1) is 12.6 Å². The van der Waals surface area contributed by atoms with Gasteiger partial charge in [-0.2, -0.15) is 0 Å². The lowest BCUT2D eigenvalue weighted by atomic mass is 9.98. The van der Waals surface area contributed by atoms with Crippen LogP contribution in [0.25, 0.3) is 0 Å². The number of rotatable bonds is 6. The van der Waals surface area contributed by atoms with Crippen LogP contribution in [0, 0.1) is 5.92 Å². The van der Waals surface area contributed by atoms with Crippen molar-refractivity contribution in [2.45, 2.75) is 45.2 Å². The molecule has 1 saturated heterocycles. The van der Waals surface area contributed by atoms with Crippen molar-refractivity contribution in [2.24, 2.45) is 11.7 Å². The second-order valence-corrected chi connectivity index (χ2v) is 5.64. The first-order valence-electron chi connectivity index (χ1n) is 7.46. The topological polar surface area (TPSA) is 87.5 Å². The number of hydrogen-bond acceptors (Lipinski definition) is 4. The van der Waals surface area contributed by atoms with Gasteiger partial charge in [-0.1, -0.05) is 20.3 Å². The molecule has 4 N–H and O–H groups in total. The van der Waals surface area contributed by atoms with Gasteiger partial charge < -0.3 is 16.4 Å². The zero-order valence-electron chi connectivity index (χ0n) is 12.8. The van der Waals surface area contributed by atoms with Gasteiger partial charge >= 0.3 is 0 Å².